The summed E-state index contributed by atoms with van der Waals surface area (Å²) in [5.74, 6) is 0.582. The zero-order valence-corrected chi connectivity index (χ0v) is 10.4. The van der Waals surface area contributed by atoms with Gasteiger partial charge >= 0.3 is 0 Å². The van der Waals surface area contributed by atoms with E-state index >= 15 is 0 Å². The summed E-state index contributed by atoms with van der Waals surface area (Å²) in [5, 5.41) is 4.37. The highest BCUT2D eigenvalue weighted by Gasteiger charge is 2.26. The molecule has 1 aromatic heterocycles. The van der Waals surface area contributed by atoms with E-state index in [2.05, 4.69) is 25.9 Å². The lowest BCUT2D eigenvalue weighted by molar-refractivity contribution is -0.0422. The molecule has 2 N–H and O–H groups in total. The molecular formula is C12H21N3O. The van der Waals surface area contributed by atoms with Crippen LogP contribution in [0.3, 0.4) is 0 Å². The van der Waals surface area contributed by atoms with E-state index in [-0.39, 0.29) is 11.6 Å². The van der Waals surface area contributed by atoms with Gasteiger partial charge in [0.15, 0.2) is 6.23 Å². The monoisotopic (exact) mass is 223 g/mol. The Morgan fingerprint density at radius 2 is 2.19 bits per heavy atom. The number of hydrogen-bond acceptors (Lipinski definition) is 3. The standard InChI is InChI=1S/C12H21N3O/c1-12(2,3)9-8-10(13)14-15(9)11-6-4-5-7-16-11/h8,11H,4-7H2,1-3H3,(H2,13,14). The number of anilines is 1. The maximum Gasteiger partial charge on any atom is 0.150 e. The van der Waals surface area contributed by atoms with Crippen LogP contribution in [0.4, 0.5) is 5.82 Å². The van der Waals surface area contributed by atoms with Crippen LogP contribution in [-0.2, 0) is 10.2 Å². The minimum atomic E-state index is 0.0471. The summed E-state index contributed by atoms with van der Waals surface area (Å²) in [7, 11) is 0. The quantitative estimate of drug-likeness (QED) is 0.795. The molecule has 1 aromatic rings. The van der Waals surface area contributed by atoms with E-state index in [4.69, 9.17) is 10.5 Å². The van der Waals surface area contributed by atoms with Crippen molar-refractivity contribution < 1.29 is 4.74 Å². The van der Waals surface area contributed by atoms with Crippen molar-refractivity contribution in [3.63, 3.8) is 0 Å². The topological polar surface area (TPSA) is 53.1 Å². The second-order valence-corrected chi connectivity index (χ2v) is 5.47. The maximum atomic E-state index is 5.80. The van der Waals surface area contributed by atoms with Crippen molar-refractivity contribution in [3.05, 3.63) is 11.8 Å². The highest BCUT2D eigenvalue weighted by molar-refractivity contribution is 5.33. The third kappa shape index (κ3) is 2.21. The van der Waals surface area contributed by atoms with Gasteiger partial charge in [-0.3, -0.25) is 0 Å². The summed E-state index contributed by atoms with van der Waals surface area (Å²) in [6.45, 7) is 7.34. The highest BCUT2D eigenvalue weighted by Crippen LogP contribution is 2.30. The van der Waals surface area contributed by atoms with E-state index in [9.17, 15) is 0 Å². The molecule has 1 unspecified atom stereocenters. The highest BCUT2D eigenvalue weighted by atomic mass is 16.5. The fourth-order valence-electron chi connectivity index (χ4n) is 2.11. The summed E-state index contributed by atoms with van der Waals surface area (Å²) in [4.78, 5) is 0. The first kappa shape index (κ1) is 11.5. The van der Waals surface area contributed by atoms with E-state index in [0.717, 1.165) is 25.1 Å². The first-order valence-electron chi connectivity index (χ1n) is 5.95. The van der Waals surface area contributed by atoms with Gasteiger partial charge in [0.05, 0.1) is 0 Å². The fourth-order valence-corrected chi connectivity index (χ4v) is 2.11. The van der Waals surface area contributed by atoms with E-state index in [1.54, 1.807) is 0 Å². The predicted octanol–water partition coefficient (Wildman–Crippen LogP) is 2.46. The molecule has 4 heteroatoms. The van der Waals surface area contributed by atoms with Gasteiger partial charge in [0.1, 0.15) is 5.82 Å². The SMILES string of the molecule is CC(C)(C)c1cc(N)nn1C1CCCCO1. The number of nitrogens with zero attached hydrogens (tertiary/aromatic N) is 2. The second kappa shape index (κ2) is 4.09. The number of nitrogen functional groups attached to an aromatic ring is 1. The molecule has 0 spiro atoms. The van der Waals surface area contributed by atoms with Crippen LogP contribution < -0.4 is 5.73 Å². The van der Waals surface area contributed by atoms with E-state index in [0.29, 0.717) is 5.82 Å². The average Bonchev–Trinajstić information content (AvgIpc) is 2.61. The predicted molar refractivity (Wildman–Crippen MR) is 64.2 cm³/mol. The van der Waals surface area contributed by atoms with Crippen molar-refractivity contribution in [1.29, 1.82) is 0 Å². The largest absolute Gasteiger partial charge is 0.382 e. The van der Waals surface area contributed by atoms with Crippen LogP contribution in [0.1, 0.15) is 52.0 Å². The van der Waals surface area contributed by atoms with Gasteiger partial charge in [-0.1, -0.05) is 20.8 Å². The van der Waals surface area contributed by atoms with Gasteiger partial charge in [-0.25, -0.2) is 4.68 Å². The van der Waals surface area contributed by atoms with Gasteiger partial charge in [-0.05, 0) is 19.3 Å². The van der Waals surface area contributed by atoms with Crippen LogP contribution in [0.2, 0.25) is 0 Å². The van der Waals surface area contributed by atoms with Gasteiger partial charge in [-0.15, -0.1) is 0 Å². The van der Waals surface area contributed by atoms with E-state index in [1.165, 1.54) is 6.42 Å². The fraction of sp³-hybridized carbons (Fsp3) is 0.750. The molecule has 0 saturated carbocycles. The molecule has 0 aliphatic carbocycles. The summed E-state index contributed by atoms with van der Waals surface area (Å²) in [6, 6.07) is 1.96. The molecule has 0 bridgehead atoms. The molecular weight excluding hydrogens is 202 g/mol. The lowest BCUT2D eigenvalue weighted by Crippen LogP contribution is -2.25. The van der Waals surface area contributed by atoms with E-state index < -0.39 is 0 Å². The number of rotatable bonds is 1. The van der Waals surface area contributed by atoms with Gasteiger partial charge in [0, 0.05) is 23.8 Å². The molecule has 2 heterocycles. The molecule has 1 aliphatic heterocycles. The molecule has 4 nitrogen and oxygen atoms in total. The van der Waals surface area contributed by atoms with Crippen LogP contribution in [0.25, 0.3) is 0 Å². The Hall–Kier alpha value is -1.03. The molecule has 0 aromatic carbocycles. The summed E-state index contributed by atoms with van der Waals surface area (Å²) in [5.41, 5.74) is 6.99. The number of hydrogen-bond donors (Lipinski definition) is 1. The van der Waals surface area contributed by atoms with Gasteiger partial charge < -0.3 is 10.5 Å². The first-order chi connectivity index (χ1) is 7.48. The van der Waals surface area contributed by atoms with Crippen LogP contribution in [0.5, 0.6) is 0 Å². The molecule has 1 aliphatic rings. The van der Waals surface area contributed by atoms with Crippen molar-refractivity contribution in [2.24, 2.45) is 0 Å². The summed E-state index contributed by atoms with van der Waals surface area (Å²) in [6.07, 6.45) is 3.45. The third-order valence-electron chi connectivity index (χ3n) is 2.95. The van der Waals surface area contributed by atoms with Gasteiger partial charge in [0.25, 0.3) is 0 Å². The zero-order valence-electron chi connectivity index (χ0n) is 10.4. The maximum absolute atomic E-state index is 5.80. The average molecular weight is 223 g/mol. The Kier molecular flexibility index (Phi) is 2.93. The van der Waals surface area contributed by atoms with Crippen molar-refractivity contribution >= 4 is 5.82 Å². The van der Waals surface area contributed by atoms with Gasteiger partial charge in [-0.2, -0.15) is 5.10 Å². The third-order valence-corrected chi connectivity index (χ3v) is 2.95. The zero-order chi connectivity index (χ0) is 11.8. The van der Waals surface area contributed by atoms with Crippen molar-refractivity contribution in [2.45, 2.75) is 51.7 Å². The second-order valence-electron chi connectivity index (χ2n) is 5.47. The Morgan fingerprint density at radius 1 is 1.44 bits per heavy atom. The molecule has 0 radical (unpaired) electrons. The molecule has 1 saturated heterocycles. The normalized spacial score (nSPS) is 22.3. The number of nitrogens with two attached hydrogens (primary N) is 1. The molecule has 1 fully saturated rings. The number of ether oxygens (including phenoxy) is 1. The first-order valence-corrected chi connectivity index (χ1v) is 5.95. The van der Waals surface area contributed by atoms with Crippen LogP contribution >= 0.6 is 0 Å². The molecule has 16 heavy (non-hydrogen) atoms. The summed E-state index contributed by atoms with van der Waals surface area (Å²) >= 11 is 0. The lowest BCUT2D eigenvalue weighted by atomic mass is 9.92. The molecule has 1 atom stereocenters. The Labute approximate surface area is 96.8 Å². The van der Waals surface area contributed by atoms with E-state index in [1.807, 2.05) is 10.7 Å². The smallest absolute Gasteiger partial charge is 0.150 e. The minimum absolute atomic E-state index is 0.0471. The Bertz CT molecular complexity index is 359. The number of aromatic nitrogens is 2. The van der Waals surface area contributed by atoms with Gasteiger partial charge in [0.2, 0.25) is 0 Å². The molecule has 90 valence electrons. The van der Waals surface area contributed by atoms with Crippen LogP contribution in [0, 0.1) is 0 Å². The Morgan fingerprint density at radius 3 is 2.75 bits per heavy atom. The van der Waals surface area contributed by atoms with Crippen molar-refractivity contribution in [1.82, 2.24) is 9.78 Å². The minimum Gasteiger partial charge on any atom is -0.382 e. The van der Waals surface area contributed by atoms with Crippen LogP contribution in [-0.4, -0.2) is 16.4 Å². The lowest BCUT2D eigenvalue weighted by Gasteiger charge is -2.28. The van der Waals surface area contributed by atoms with Crippen molar-refractivity contribution in [3.8, 4) is 0 Å². The molecule has 2 rings (SSSR count). The Balaban J connectivity index is 2.31. The van der Waals surface area contributed by atoms with Crippen molar-refractivity contribution in [2.75, 3.05) is 12.3 Å². The summed E-state index contributed by atoms with van der Waals surface area (Å²) < 4.78 is 7.72. The van der Waals surface area contributed by atoms with Crippen LogP contribution in [0.15, 0.2) is 6.07 Å². The molecule has 0 amide bonds.